The summed E-state index contributed by atoms with van der Waals surface area (Å²) in [5, 5.41) is 0. The SMILES string of the molecule is CC(=O)C1=C(C)CC2(C)CC3(C)Cc4c(CCc5ccccc5)ccc(C)c4C(=O)C3=C(C)C2(C)C1=O. The Kier molecular flexibility index (Phi) is 5.86. The van der Waals surface area contributed by atoms with E-state index in [4.69, 9.17) is 0 Å². The number of fused-ring (bicyclic) bond motifs is 3. The molecule has 0 radical (unpaired) electrons. The molecule has 0 saturated heterocycles. The number of Topliss-reactive ketones (excluding diaryl/α,β-unsaturated/α-hetero) is 3. The van der Waals surface area contributed by atoms with Crippen molar-refractivity contribution < 1.29 is 14.4 Å². The second-order valence-corrected chi connectivity index (χ2v) is 12.5. The molecule has 5 rings (SSSR count). The van der Waals surface area contributed by atoms with Crippen LogP contribution in [-0.4, -0.2) is 17.3 Å². The van der Waals surface area contributed by atoms with Crippen LogP contribution in [0.15, 0.2) is 64.8 Å². The standard InChI is InChI=1S/C34H38O3/c1-20-13-15-25(16-14-24-11-9-8-10-12-24)26-18-32(5)19-33(6)17-21(2)27(23(4)35)31(37)34(33,7)22(3)29(32)30(36)28(20)26/h8-13,15H,14,16-19H2,1-7H3. The van der Waals surface area contributed by atoms with E-state index in [2.05, 4.69) is 50.2 Å². The molecule has 2 aromatic carbocycles. The molecule has 3 heteroatoms. The maximum atomic E-state index is 14.4. The molecular weight excluding hydrogens is 456 g/mol. The van der Waals surface area contributed by atoms with Gasteiger partial charge in [-0.05, 0) is 94.4 Å². The number of benzene rings is 2. The van der Waals surface area contributed by atoms with Gasteiger partial charge in [-0.3, -0.25) is 14.4 Å². The van der Waals surface area contributed by atoms with Gasteiger partial charge in [0.25, 0.3) is 0 Å². The molecule has 2 aromatic rings. The van der Waals surface area contributed by atoms with Crippen molar-refractivity contribution >= 4 is 17.3 Å². The van der Waals surface area contributed by atoms with Crippen LogP contribution < -0.4 is 0 Å². The highest BCUT2D eigenvalue weighted by Crippen LogP contribution is 2.66. The number of ketones is 3. The van der Waals surface area contributed by atoms with Gasteiger partial charge in [0, 0.05) is 16.6 Å². The van der Waals surface area contributed by atoms with Gasteiger partial charge < -0.3 is 0 Å². The van der Waals surface area contributed by atoms with Gasteiger partial charge in [0.2, 0.25) is 0 Å². The number of hydrogen-bond acceptors (Lipinski definition) is 3. The maximum absolute atomic E-state index is 14.4. The van der Waals surface area contributed by atoms with Crippen LogP contribution in [0.25, 0.3) is 0 Å². The fourth-order valence-corrected chi connectivity index (χ4v) is 8.14. The number of rotatable bonds is 4. The van der Waals surface area contributed by atoms with E-state index < -0.39 is 5.41 Å². The number of carbonyl (C=O) groups excluding carboxylic acids is 3. The molecule has 3 nitrogen and oxygen atoms in total. The highest BCUT2D eigenvalue weighted by molar-refractivity contribution is 6.24. The molecule has 0 aromatic heterocycles. The molecule has 3 unspecified atom stereocenters. The summed E-state index contributed by atoms with van der Waals surface area (Å²) in [6.07, 6.45) is 4.07. The van der Waals surface area contributed by atoms with E-state index >= 15 is 0 Å². The number of carbonyl (C=O) groups is 3. The lowest BCUT2D eigenvalue weighted by molar-refractivity contribution is -0.134. The van der Waals surface area contributed by atoms with Crippen LogP contribution in [0.4, 0.5) is 0 Å². The average Bonchev–Trinajstić information content (AvgIpc) is 2.81. The zero-order chi connectivity index (χ0) is 26.9. The summed E-state index contributed by atoms with van der Waals surface area (Å²) in [7, 11) is 0. The third-order valence-electron chi connectivity index (χ3n) is 10.00. The van der Waals surface area contributed by atoms with E-state index in [1.54, 1.807) is 0 Å². The Morgan fingerprint density at radius 2 is 1.57 bits per heavy atom. The van der Waals surface area contributed by atoms with Crippen LogP contribution in [0, 0.1) is 23.2 Å². The summed E-state index contributed by atoms with van der Waals surface area (Å²) < 4.78 is 0. The molecule has 0 bridgehead atoms. The molecule has 3 aliphatic carbocycles. The largest absolute Gasteiger partial charge is 0.294 e. The third-order valence-corrected chi connectivity index (χ3v) is 10.00. The van der Waals surface area contributed by atoms with Gasteiger partial charge in [-0.2, -0.15) is 0 Å². The molecule has 37 heavy (non-hydrogen) atoms. The Bertz CT molecular complexity index is 1420. The Hall–Kier alpha value is -3.07. The first-order valence-corrected chi connectivity index (χ1v) is 13.5. The van der Waals surface area contributed by atoms with Crippen LogP contribution in [0.5, 0.6) is 0 Å². The second-order valence-electron chi connectivity index (χ2n) is 12.5. The van der Waals surface area contributed by atoms with Crippen molar-refractivity contribution in [1.82, 2.24) is 0 Å². The lowest BCUT2D eigenvalue weighted by Gasteiger charge is -2.59. The normalized spacial score (nSPS) is 29.2. The van der Waals surface area contributed by atoms with Crippen LogP contribution in [-0.2, 0) is 28.9 Å². The van der Waals surface area contributed by atoms with Crippen LogP contribution in [0.3, 0.4) is 0 Å². The van der Waals surface area contributed by atoms with E-state index in [1.165, 1.54) is 23.6 Å². The minimum absolute atomic E-state index is 0.0760. The number of hydrogen-bond donors (Lipinski definition) is 0. The number of allylic oxidation sites excluding steroid dienone is 4. The first-order valence-electron chi connectivity index (χ1n) is 13.5. The van der Waals surface area contributed by atoms with E-state index in [0.717, 1.165) is 53.5 Å². The minimum Gasteiger partial charge on any atom is -0.294 e. The Morgan fingerprint density at radius 1 is 0.892 bits per heavy atom. The zero-order valence-corrected chi connectivity index (χ0v) is 23.3. The second kappa shape index (κ2) is 8.48. The predicted octanol–water partition coefficient (Wildman–Crippen LogP) is 7.14. The molecule has 0 saturated carbocycles. The molecular formula is C34H38O3. The molecule has 192 valence electrons. The Balaban J connectivity index is 1.65. The van der Waals surface area contributed by atoms with E-state index in [0.29, 0.717) is 12.0 Å². The quantitative estimate of drug-likeness (QED) is 0.425. The van der Waals surface area contributed by atoms with E-state index in [9.17, 15) is 14.4 Å². The van der Waals surface area contributed by atoms with Crippen molar-refractivity contribution in [2.45, 2.75) is 80.6 Å². The Morgan fingerprint density at radius 3 is 2.22 bits per heavy atom. The summed E-state index contributed by atoms with van der Waals surface area (Å²) in [5.41, 5.74) is 6.88. The molecule has 0 spiro atoms. The van der Waals surface area contributed by atoms with Crippen molar-refractivity contribution in [3.8, 4) is 0 Å². The van der Waals surface area contributed by atoms with E-state index in [1.807, 2.05) is 33.8 Å². The summed E-state index contributed by atoms with van der Waals surface area (Å²) in [6.45, 7) is 13.8. The summed E-state index contributed by atoms with van der Waals surface area (Å²) >= 11 is 0. The van der Waals surface area contributed by atoms with Crippen molar-refractivity contribution in [3.05, 3.63) is 92.6 Å². The molecule has 0 fully saturated rings. The average molecular weight is 495 g/mol. The zero-order valence-electron chi connectivity index (χ0n) is 23.3. The van der Waals surface area contributed by atoms with Gasteiger partial charge in [-0.1, -0.05) is 67.5 Å². The maximum Gasteiger partial charge on any atom is 0.190 e. The number of aryl methyl sites for hydroxylation is 3. The molecule has 0 N–H and O–H groups in total. The monoisotopic (exact) mass is 494 g/mol. The van der Waals surface area contributed by atoms with Crippen LogP contribution in [0.1, 0.15) is 87.0 Å². The predicted molar refractivity (Wildman–Crippen MR) is 148 cm³/mol. The molecule has 3 atom stereocenters. The molecule has 0 heterocycles. The fourth-order valence-electron chi connectivity index (χ4n) is 8.14. The molecule has 3 aliphatic rings. The van der Waals surface area contributed by atoms with Crippen LogP contribution in [0.2, 0.25) is 0 Å². The third kappa shape index (κ3) is 3.57. The van der Waals surface area contributed by atoms with Crippen molar-refractivity contribution in [1.29, 1.82) is 0 Å². The summed E-state index contributed by atoms with van der Waals surface area (Å²) in [4.78, 5) is 40.9. The highest BCUT2D eigenvalue weighted by atomic mass is 16.2. The summed E-state index contributed by atoms with van der Waals surface area (Å²) in [6, 6.07) is 14.8. The van der Waals surface area contributed by atoms with Gasteiger partial charge in [0.05, 0.1) is 11.0 Å². The molecule has 0 amide bonds. The van der Waals surface area contributed by atoms with Crippen molar-refractivity contribution in [2.24, 2.45) is 16.2 Å². The highest BCUT2D eigenvalue weighted by Gasteiger charge is 2.63. The lowest BCUT2D eigenvalue weighted by Crippen LogP contribution is -2.57. The Labute approximate surface area is 221 Å². The van der Waals surface area contributed by atoms with Gasteiger partial charge >= 0.3 is 0 Å². The smallest absolute Gasteiger partial charge is 0.190 e. The topological polar surface area (TPSA) is 51.2 Å². The van der Waals surface area contributed by atoms with Gasteiger partial charge in [-0.15, -0.1) is 0 Å². The van der Waals surface area contributed by atoms with Crippen molar-refractivity contribution in [3.63, 3.8) is 0 Å². The molecule has 0 aliphatic heterocycles. The van der Waals surface area contributed by atoms with Gasteiger partial charge in [0.1, 0.15) is 0 Å². The lowest BCUT2D eigenvalue weighted by atomic mass is 9.42. The van der Waals surface area contributed by atoms with Gasteiger partial charge in [0.15, 0.2) is 17.3 Å². The minimum atomic E-state index is -0.867. The summed E-state index contributed by atoms with van der Waals surface area (Å²) in [5.74, 6) is -0.201. The fraction of sp³-hybridized carbons (Fsp3) is 0.441. The van der Waals surface area contributed by atoms with Crippen LogP contribution >= 0.6 is 0 Å². The first-order chi connectivity index (χ1) is 17.3. The van der Waals surface area contributed by atoms with Gasteiger partial charge in [-0.25, -0.2) is 0 Å². The first kappa shape index (κ1) is 25.6. The van der Waals surface area contributed by atoms with Crippen molar-refractivity contribution in [2.75, 3.05) is 0 Å². The van der Waals surface area contributed by atoms with E-state index in [-0.39, 0.29) is 28.2 Å².